The Morgan fingerprint density at radius 1 is 0.615 bits per heavy atom. The Bertz CT molecular complexity index is 648. The van der Waals surface area contributed by atoms with E-state index in [9.17, 15) is 9.59 Å². The van der Waals surface area contributed by atoms with Crippen LogP contribution in [0.25, 0.3) is 0 Å². The summed E-state index contributed by atoms with van der Waals surface area (Å²) < 4.78 is 10.4. The molecule has 0 heterocycles. The highest BCUT2D eigenvalue weighted by molar-refractivity contribution is 5.73. The van der Waals surface area contributed by atoms with Gasteiger partial charge in [-0.3, -0.25) is 9.59 Å². The van der Waals surface area contributed by atoms with Gasteiger partial charge in [-0.25, -0.2) is 0 Å². The van der Waals surface area contributed by atoms with Crippen LogP contribution in [0, 0.1) is 0 Å². The number of hydrogen-bond acceptors (Lipinski definition) is 6. The smallest absolute Gasteiger partial charge is 0.311 e. The van der Waals surface area contributed by atoms with Gasteiger partial charge in [-0.1, -0.05) is 12.8 Å². The summed E-state index contributed by atoms with van der Waals surface area (Å²) in [6.07, 6.45) is 3.85. The molecule has 0 aliphatic rings. The number of nitrogen functional groups attached to an aromatic ring is 2. The summed E-state index contributed by atoms with van der Waals surface area (Å²) in [5, 5.41) is 0. The largest absolute Gasteiger partial charge is 0.427 e. The van der Waals surface area contributed by atoms with Gasteiger partial charge in [0.2, 0.25) is 0 Å². The van der Waals surface area contributed by atoms with Crippen molar-refractivity contribution >= 4 is 23.3 Å². The van der Waals surface area contributed by atoms with E-state index in [0.717, 1.165) is 25.7 Å². The van der Waals surface area contributed by atoms with Gasteiger partial charge in [0.15, 0.2) is 0 Å². The standard InChI is InChI=1S/C20H24N2O4/c21-15-7-11-17(12-8-15)25-19(23)5-3-1-2-4-6-20(24)26-18-13-9-16(22)10-14-18/h7-14H,1-6,21-22H2. The Morgan fingerprint density at radius 3 is 1.31 bits per heavy atom. The van der Waals surface area contributed by atoms with Gasteiger partial charge in [-0.05, 0) is 61.4 Å². The molecule has 0 unspecified atom stereocenters. The minimum absolute atomic E-state index is 0.266. The van der Waals surface area contributed by atoms with Gasteiger partial charge in [-0.15, -0.1) is 0 Å². The molecule has 0 radical (unpaired) electrons. The molecule has 138 valence electrons. The van der Waals surface area contributed by atoms with E-state index in [1.165, 1.54) is 0 Å². The van der Waals surface area contributed by atoms with Crippen LogP contribution >= 0.6 is 0 Å². The van der Waals surface area contributed by atoms with E-state index in [1.807, 2.05) is 0 Å². The van der Waals surface area contributed by atoms with Crippen molar-refractivity contribution in [1.82, 2.24) is 0 Å². The van der Waals surface area contributed by atoms with E-state index >= 15 is 0 Å². The van der Waals surface area contributed by atoms with Crippen LogP contribution in [0.5, 0.6) is 11.5 Å². The molecule has 0 saturated carbocycles. The molecule has 0 aliphatic heterocycles. The SMILES string of the molecule is Nc1ccc(OC(=O)CCCCCCC(=O)Oc2ccc(N)cc2)cc1. The van der Waals surface area contributed by atoms with Crippen molar-refractivity contribution in [2.45, 2.75) is 38.5 Å². The zero-order valence-electron chi connectivity index (χ0n) is 14.6. The number of ether oxygens (including phenoxy) is 2. The molecule has 0 fully saturated rings. The zero-order valence-corrected chi connectivity index (χ0v) is 14.6. The van der Waals surface area contributed by atoms with Crippen molar-refractivity contribution < 1.29 is 19.1 Å². The Kier molecular flexibility index (Phi) is 7.49. The quantitative estimate of drug-likeness (QED) is 0.307. The molecule has 2 aromatic rings. The van der Waals surface area contributed by atoms with Crippen LogP contribution in [-0.2, 0) is 9.59 Å². The fraction of sp³-hybridized carbons (Fsp3) is 0.300. The predicted molar refractivity (Wildman–Crippen MR) is 101 cm³/mol. The van der Waals surface area contributed by atoms with Gasteiger partial charge in [-0.2, -0.15) is 0 Å². The third-order valence-electron chi connectivity index (χ3n) is 3.74. The third-order valence-corrected chi connectivity index (χ3v) is 3.74. The fourth-order valence-corrected chi connectivity index (χ4v) is 2.33. The van der Waals surface area contributed by atoms with Gasteiger partial charge >= 0.3 is 11.9 Å². The highest BCUT2D eigenvalue weighted by atomic mass is 16.5. The first-order chi connectivity index (χ1) is 12.5. The number of carbonyl (C=O) groups is 2. The van der Waals surface area contributed by atoms with Crippen molar-refractivity contribution in [3.63, 3.8) is 0 Å². The highest BCUT2D eigenvalue weighted by Crippen LogP contribution is 2.16. The summed E-state index contributed by atoms with van der Waals surface area (Å²) >= 11 is 0. The number of anilines is 2. The molecule has 0 aliphatic carbocycles. The molecule has 4 N–H and O–H groups in total. The van der Waals surface area contributed by atoms with E-state index in [1.54, 1.807) is 48.5 Å². The van der Waals surface area contributed by atoms with Crippen LogP contribution in [0.4, 0.5) is 11.4 Å². The van der Waals surface area contributed by atoms with Crippen LogP contribution < -0.4 is 20.9 Å². The first-order valence-electron chi connectivity index (χ1n) is 8.65. The lowest BCUT2D eigenvalue weighted by atomic mass is 10.1. The van der Waals surface area contributed by atoms with E-state index in [2.05, 4.69) is 0 Å². The number of nitrogens with two attached hydrogens (primary N) is 2. The lowest BCUT2D eigenvalue weighted by molar-refractivity contribution is -0.135. The molecule has 0 saturated heterocycles. The number of rotatable bonds is 9. The minimum atomic E-state index is -0.266. The lowest BCUT2D eigenvalue weighted by Crippen LogP contribution is -2.08. The number of carbonyl (C=O) groups excluding carboxylic acids is 2. The normalized spacial score (nSPS) is 10.3. The predicted octanol–water partition coefficient (Wildman–Crippen LogP) is 3.70. The summed E-state index contributed by atoms with van der Waals surface area (Å²) in [5.74, 6) is 0.458. The Hall–Kier alpha value is -3.02. The maximum absolute atomic E-state index is 11.7. The van der Waals surface area contributed by atoms with Gasteiger partial charge in [0.05, 0.1) is 0 Å². The molecular weight excluding hydrogens is 332 g/mol. The second kappa shape index (κ2) is 10.1. The van der Waals surface area contributed by atoms with Crippen molar-refractivity contribution in [1.29, 1.82) is 0 Å². The molecule has 2 aromatic carbocycles. The van der Waals surface area contributed by atoms with E-state index in [-0.39, 0.29) is 11.9 Å². The van der Waals surface area contributed by atoms with Crippen molar-refractivity contribution in [3.8, 4) is 11.5 Å². The van der Waals surface area contributed by atoms with Crippen molar-refractivity contribution in [2.24, 2.45) is 0 Å². The Labute approximate surface area is 153 Å². The maximum atomic E-state index is 11.7. The van der Waals surface area contributed by atoms with Gasteiger partial charge in [0, 0.05) is 24.2 Å². The first kappa shape index (κ1) is 19.3. The van der Waals surface area contributed by atoms with Crippen LogP contribution in [0.1, 0.15) is 38.5 Å². The van der Waals surface area contributed by atoms with Gasteiger partial charge in [0.25, 0.3) is 0 Å². The van der Waals surface area contributed by atoms with Crippen molar-refractivity contribution in [2.75, 3.05) is 11.5 Å². The average Bonchev–Trinajstić information content (AvgIpc) is 2.62. The van der Waals surface area contributed by atoms with Gasteiger partial charge in [0.1, 0.15) is 11.5 Å². The van der Waals surface area contributed by atoms with Crippen molar-refractivity contribution in [3.05, 3.63) is 48.5 Å². The molecule has 0 bridgehead atoms. The number of esters is 2. The summed E-state index contributed by atoms with van der Waals surface area (Å²) in [4.78, 5) is 23.5. The summed E-state index contributed by atoms with van der Waals surface area (Å²) in [7, 11) is 0. The van der Waals surface area contributed by atoms with E-state index in [4.69, 9.17) is 20.9 Å². The summed E-state index contributed by atoms with van der Waals surface area (Å²) in [6, 6.07) is 13.4. The molecule has 2 rings (SSSR count). The molecule has 0 amide bonds. The molecule has 6 nitrogen and oxygen atoms in total. The molecule has 0 atom stereocenters. The average molecular weight is 356 g/mol. The second-order valence-electron chi connectivity index (χ2n) is 6.00. The summed E-state index contributed by atoms with van der Waals surface area (Å²) in [6.45, 7) is 0. The Balaban J connectivity index is 1.53. The number of hydrogen-bond donors (Lipinski definition) is 2. The maximum Gasteiger partial charge on any atom is 0.311 e. The van der Waals surface area contributed by atoms with Crippen LogP contribution in [0.3, 0.4) is 0 Å². The fourth-order valence-electron chi connectivity index (χ4n) is 2.33. The summed E-state index contributed by atoms with van der Waals surface area (Å²) in [5.41, 5.74) is 12.4. The third kappa shape index (κ3) is 7.25. The van der Waals surface area contributed by atoms with Crippen LogP contribution in [-0.4, -0.2) is 11.9 Å². The van der Waals surface area contributed by atoms with Gasteiger partial charge < -0.3 is 20.9 Å². The Morgan fingerprint density at radius 2 is 0.962 bits per heavy atom. The lowest BCUT2D eigenvalue weighted by Gasteiger charge is -2.05. The topological polar surface area (TPSA) is 105 Å². The minimum Gasteiger partial charge on any atom is -0.427 e. The highest BCUT2D eigenvalue weighted by Gasteiger charge is 2.07. The number of benzene rings is 2. The van der Waals surface area contributed by atoms with Crippen LogP contribution in [0.15, 0.2) is 48.5 Å². The first-order valence-corrected chi connectivity index (χ1v) is 8.65. The molecule has 0 aromatic heterocycles. The van der Waals surface area contributed by atoms with E-state index < -0.39 is 0 Å². The zero-order chi connectivity index (χ0) is 18.8. The molecule has 6 heteroatoms. The molecule has 26 heavy (non-hydrogen) atoms. The molecule has 0 spiro atoms. The van der Waals surface area contributed by atoms with Crippen LogP contribution in [0.2, 0.25) is 0 Å². The molecular formula is C20H24N2O4. The monoisotopic (exact) mass is 356 g/mol. The van der Waals surface area contributed by atoms with E-state index in [0.29, 0.717) is 35.7 Å². The second-order valence-corrected chi connectivity index (χ2v) is 6.00. The number of unbranched alkanes of at least 4 members (excludes halogenated alkanes) is 3.